The van der Waals surface area contributed by atoms with E-state index in [4.69, 9.17) is 17.3 Å². The highest BCUT2D eigenvalue weighted by Gasteiger charge is 2.22. The van der Waals surface area contributed by atoms with Crippen molar-refractivity contribution in [2.45, 2.75) is 31.7 Å². The third kappa shape index (κ3) is 3.39. The second-order valence-electron chi connectivity index (χ2n) is 6.89. The largest absolute Gasteiger partial charge is 0.371 e. The van der Waals surface area contributed by atoms with E-state index < -0.39 is 0 Å². The van der Waals surface area contributed by atoms with Gasteiger partial charge in [0.05, 0.1) is 11.2 Å². The molecular formula is C21H23ClN4. The van der Waals surface area contributed by atoms with Crippen molar-refractivity contribution in [3.63, 3.8) is 0 Å². The summed E-state index contributed by atoms with van der Waals surface area (Å²) in [5, 5.41) is 1.72. The molecule has 1 fully saturated rings. The summed E-state index contributed by atoms with van der Waals surface area (Å²) < 4.78 is 0. The number of halogens is 1. The molecule has 1 aromatic carbocycles. The van der Waals surface area contributed by atoms with Gasteiger partial charge in [-0.1, -0.05) is 35.9 Å². The van der Waals surface area contributed by atoms with Gasteiger partial charge in [0, 0.05) is 42.5 Å². The number of aromatic nitrogens is 2. The van der Waals surface area contributed by atoms with Gasteiger partial charge in [-0.2, -0.15) is 0 Å². The third-order valence-corrected chi connectivity index (χ3v) is 5.43. The first kappa shape index (κ1) is 17.3. The summed E-state index contributed by atoms with van der Waals surface area (Å²) in [6.07, 6.45) is 7.95. The number of piperidine rings is 1. The Labute approximate surface area is 159 Å². The number of fused-ring (bicyclic) bond motifs is 1. The molecule has 3 aromatic rings. The third-order valence-electron chi connectivity index (χ3n) is 5.12. The second-order valence-corrected chi connectivity index (χ2v) is 7.25. The Morgan fingerprint density at radius 3 is 2.65 bits per heavy atom. The van der Waals surface area contributed by atoms with Crippen molar-refractivity contribution in [3.05, 3.63) is 65.1 Å². The fourth-order valence-corrected chi connectivity index (χ4v) is 4.06. The van der Waals surface area contributed by atoms with Crippen molar-refractivity contribution in [1.82, 2.24) is 9.97 Å². The van der Waals surface area contributed by atoms with Gasteiger partial charge in [0.15, 0.2) is 0 Å². The van der Waals surface area contributed by atoms with Gasteiger partial charge in [0.1, 0.15) is 5.15 Å². The van der Waals surface area contributed by atoms with Gasteiger partial charge in [-0.25, -0.2) is 4.98 Å². The summed E-state index contributed by atoms with van der Waals surface area (Å²) in [5.41, 5.74) is 10.7. The van der Waals surface area contributed by atoms with Crippen LogP contribution >= 0.6 is 11.6 Å². The molecule has 1 unspecified atom stereocenters. The molecule has 1 saturated heterocycles. The normalized spacial score (nSPS) is 16.0. The zero-order valence-electron chi connectivity index (χ0n) is 14.7. The van der Waals surface area contributed by atoms with Crippen molar-refractivity contribution in [2.75, 3.05) is 18.0 Å². The monoisotopic (exact) mass is 366 g/mol. The number of anilines is 1. The number of nitrogens with zero attached hydrogens (tertiary/aromatic N) is 3. The smallest absolute Gasteiger partial charge is 0.135 e. The molecule has 2 N–H and O–H groups in total. The lowest BCUT2D eigenvalue weighted by atomic mass is 9.97. The van der Waals surface area contributed by atoms with Crippen LogP contribution in [0.25, 0.3) is 10.9 Å². The number of hydrogen-bond acceptors (Lipinski definition) is 4. The SMILES string of the molecule is NC(Cc1c(Cl)nc2ccccc2c1N1CCCCC1)c1cccnc1. The van der Waals surface area contributed by atoms with Gasteiger partial charge in [-0.05, 0) is 43.4 Å². The molecule has 0 bridgehead atoms. The first-order valence-corrected chi connectivity index (χ1v) is 9.59. The molecule has 0 amide bonds. The molecule has 5 heteroatoms. The molecule has 0 spiro atoms. The summed E-state index contributed by atoms with van der Waals surface area (Å²) in [6.45, 7) is 2.11. The fourth-order valence-electron chi connectivity index (χ4n) is 3.80. The van der Waals surface area contributed by atoms with Gasteiger partial charge < -0.3 is 10.6 Å². The van der Waals surface area contributed by atoms with Gasteiger partial charge in [-0.3, -0.25) is 4.98 Å². The minimum atomic E-state index is -0.160. The molecule has 134 valence electrons. The van der Waals surface area contributed by atoms with E-state index in [0.717, 1.165) is 35.1 Å². The van der Waals surface area contributed by atoms with Crippen molar-refractivity contribution >= 4 is 28.2 Å². The second kappa shape index (κ2) is 7.60. The lowest BCUT2D eigenvalue weighted by Gasteiger charge is -2.32. The Hall–Kier alpha value is -2.17. The summed E-state index contributed by atoms with van der Waals surface area (Å²) in [6, 6.07) is 12.0. The highest BCUT2D eigenvalue weighted by molar-refractivity contribution is 6.31. The molecule has 26 heavy (non-hydrogen) atoms. The fraction of sp³-hybridized carbons (Fsp3) is 0.333. The first-order valence-electron chi connectivity index (χ1n) is 9.21. The van der Waals surface area contributed by atoms with Crippen LogP contribution in [0.15, 0.2) is 48.8 Å². The summed E-state index contributed by atoms with van der Waals surface area (Å²) >= 11 is 6.65. The number of benzene rings is 1. The Balaban J connectivity index is 1.80. The number of hydrogen-bond donors (Lipinski definition) is 1. The van der Waals surface area contributed by atoms with E-state index in [2.05, 4.69) is 27.0 Å². The zero-order valence-corrected chi connectivity index (χ0v) is 15.5. The highest BCUT2D eigenvalue weighted by atomic mass is 35.5. The molecule has 1 aliphatic heterocycles. The number of para-hydroxylation sites is 1. The lowest BCUT2D eigenvalue weighted by Crippen LogP contribution is -2.31. The molecule has 4 nitrogen and oxygen atoms in total. The van der Waals surface area contributed by atoms with E-state index in [1.165, 1.54) is 24.9 Å². The van der Waals surface area contributed by atoms with E-state index in [9.17, 15) is 0 Å². The van der Waals surface area contributed by atoms with E-state index >= 15 is 0 Å². The van der Waals surface area contributed by atoms with E-state index in [-0.39, 0.29) is 6.04 Å². The maximum absolute atomic E-state index is 6.65. The Kier molecular flexibility index (Phi) is 5.05. The highest BCUT2D eigenvalue weighted by Crippen LogP contribution is 2.37. The summed E-state index contributed by atoms with van der Waals surface area (Å²) in [4.78, 5) is 11.3. The average molecular weight is 367 g/mol. The van der Waals surface area contributed by atoms with Crippen LogP contribution in [0.4, 0.5) is 5.69 Å². The van der Waals surface area contributed by atoms with Gasteiger partial charge in [-0.15, -0.1) is 0 Å². The van der Waals surface area contributed by atoms with E-state index in [0.29, 0.717) is 11.6 Å². The van der Waals surface area contributed by atoms with Crippen molar-refractivity contribution in [2.24, 2.45) is 5.73 Å². The Morgan fingerprint density at radius 2 is 1.88 bits per heavy atom. The Bertz CT molecular complexity index is 891. The molecule has 4 rings (SSSR count). The molecular weight excluding hydrogens is 344 g/mol. The van der Waals surface area contributed by atoms with Crippen LogP contribution < -0.4 is 10.6 Å². The van der Waals surface area contributed by atoms with Crippen LogP contribution in [-0.4, -0.2) is 23.1 Å². The van der Waals surface area contributed by atoms with Gasteiger partial charge >= 0.3 is 0 Å². The van der Waals surface area contributed by atoms with Crippen LogP contribution in [0.3, 0.4) is 0 Å². The van der Waals surface area contributed by atoms with Gasteiger partial charge in [0.2, 0.25) is 0 Å². The first-order chi connectivity index (χ1) is 12.7. The minimum Gasteiger partial charge on any atom is -0.371 e. The minimum absolute atomic E-state index is 0.160. The molecule has 0 saturated carbocycles. The van der Waals surface area contributed by atoms with Crippen LogP contribution in [0, 0.1) is 0 Å². The zero-order chi connectivity index (χ0) is 17.9. The van der Waals surface area contributed by atoms with Crippen LogP contribution in [-0.2, 0) is 6.42 Å². The van der Waals surface area contributed by atoms with Gasteiger partial charge in [0.25, 0.3) is 0 Å². The topological polar surface area (TPSA) is 55.0 Å². The average Bonchev–Trinajstić information content (AvgIpc) is 2.70. The Morgan fingerprint density at radius 1 is 1.08 bits per heavy atom. The van der Waals surface area contributed by atoms with Crippen LogP contribution in [0.1, 0.15) is 36.4 Å². The lowest BCUT2D eigenvalue weighted by molar-refractivity contribution is 0.576. The van der Waals surface area contributed by atoms with Crippen molar-refractivity contribution < 1.29 is 0 Å². The molecule has 1 atom stereocenters. The molecule has 0 radical (unpaired) electrons. The van der Waals surface area contributed by atoms with Crippen LogP contribution in [0.2, 0.25) is 5.15 Å². The van der Waals surface area contributed by atoms with E-state index in [1.54, 1.807) is 6.20 Å². The van der Waals surface area contributed by atoms with Crippen molar-refractivity contribution in [1.29, 1.82) is 0 Å². The summed E-state index contributed by atoms with van der Waals surface area (Å²) in [5.74, 6) is 0. The number of pyridine rings is 2. The predicted molar refractivity (Wildman–Crippen MR) is 108 cm³/mol. The number of nitrogens with two attached hydrogens (primary N) is 1. The van der Waals surface area contributed by atoms with E-state index in [1.807, 2.05) is 30.5 Å². The molecule has 2 aromatic heterocycles. The molecule has 0 aliphatic carbocycles. The molecule has 1 aliphatic rings. The quantitative estimate of drug-likeness (QED) is 0.690. The molecule has 3 heterocycles. The van der Waals surface area contributed by atoms with Crippen molar-refractivity contribution in [3.8, 4) is 0 Å². The number of rotatable bonds is 4. The summed E-state index contributed by atoms with van der Waals surface area (Å²) in [7, 11) is 0. The maximum Gasteiger partial charge on any atom is 0.135 e. The maximum atomic E-state index is 6.65. The predicted octanol–water partition coefficient (Wildman–Crippen LogP) is 4.52. The standard InChI is InChI=1S/C21H23ClN4/c22-21-17(13-18(23)15-7-6-10-24-14-15)20(26-11-4-1-5-12-26)16-8-2-3-9-19(16)25-21/h2-3,6-10,14,18H,1,4-5,11-13,23H2. The van der Waals surface area contributed by atoms with Crippen LogP contribution in [0.5, 0.6) is 0 Å².